The fraction of sp³-hybridized carbons (Fsp3) is 0. The normalized spacial score (nSPS) is 12.1. The van der Waals surface area contributed by atoms with Gasteiger partial charge >= 0.3 is 0 Å². The third kappa shape index (κ3) is 3.65. The Labute approximate surface area is 283 Å². The summed E-state index contributed by atoms with van der Waals surface area (Å²) in [6.45, 7) is 0. The van der Waals surface area contributed by atoms with Crippen LogP contribution in [0.3, 0.4) is 0 Å². The van der Waals surface area contributed by atoms with Crippen molar-refractivity contribution >= 4 is 86.2 Å². The Morgan fingerprint density at radius 3 is 1.96 bits per heavy atom. The number of rotatable bonds is 3. The highest BCUT2D eigenvalue weighted by atomic mass is 32.1. The van der Waals surface area contributed by atoms with Crippen molar-refractivity contribution in [2.24, 2.45) is 0 Å². The Bertz CT molecular complexity index is 3100. The molecule has 0 unspecified atom stereocenters. The molecule has 0 aliphatic carbocycles. The maximum atomic E-state index is 5.41. The van der Waals surface area contributed by atoms with Crippen molar-refractivity contribution in [3.8, 4) is 22.9 Å². The zero-order valence-electron chi connectivity index (χ0n) is 25.9. The second kappa shape index (κ2) is 10.0. The predicted octanol–water partition coefficient (Wildman–Crippen LogP) is 10.6. The lowest BCUT2D eigenvalue weighted by atomic mass is 10.0. The molecule has 0 N–H and O–H groups in total. The van der Waals surface area contributed by atoms with Crippen LogP contribution in [0.25, 0.3) is 97.7 Å². The van der Waals surface area contributed by atoms with Gasteiger partial charge in [0, 0.05) is 54.5 Å². The van der Waals surface area contributed by atoms with Gasteiger partial charge in [-0.1, -0.05) is 103 Å². The van der Waals surface area contributed by atoms with Gasteiger partial charge in [0.2, 0.25) is 5.95 Å². The van der Waals surface area contributed by atoms with Crippen molar-refractivity contribution in [1.82, 2.24) is 29.1 Å². The van der Waals surface area contributed by atoms with E-state index in [1.54, 1.807) is 17.7 Å². The van der Waals surface area contributed by atoms with Gasteiger partial charge in [0.05, 0.1) is 43.5 Å². The summed E-state index contributed by atoms with van der Waals surface area (Å²) in [5.41, 5.74) is 9.32. The minimum absolute atomic E-state index is 0.641. The lowest BCUT2D eigenvalue weighted by molar-refractivity contribution is 1.02. The molecule has 6 nitrogen and oxygen atoms in total. The van der Waals surface area contributed by atoms with E-state index in [9.17, 15) is 0 Å². The first-order valence-electron chi connectivity index (χ1n) is 16.2. The van der Waals surface area contributed by atoms with Crippen LogP contribution in [0.4, 0.5) is 0 Å². The summed E-state index contributed by atoms with van der Waals surface area (Å²) >= 11 is 1.75. The van der Waals surface area contributed by atoms with Crippen LogP contribution in [0.2, 0.25) is 0 Å². The molecule has 0 amide bonds. The SMILES string of the molecule is c1ccc(-c2nc(-n3c4ccccc4c4c5sc6cncnc6c5c5c(c6ccccc6n5-c5ccccc5)c43)nc3ccccc23)cc1. The average molecular weight is 645 g/mol. The maximum absolute atomic E-state index is 5.41. The first-order valence-corrected chi connectivity index (χ1v) is 17.1. The van der Waals surface area contributed by atoms with Crippen molar-refractivity contribution in [2.45, 2.75) is 0 Å². The smallest absolute Gasteiger partial charge is 0.235 e. The van der Waals surface area contributed by atoms with E-state index in [0.717, 1.165) is 81.7 Å². The highest BCUT2D eigenvalue weighted by Crippen LogP contribution is 2.50. The first kappa shape index (κ1) is 26.6. The molecular formula is C42H24N6S. The predicted molar refractivity (Wildman–Crippen MR) is 202 cm³/mol. The summed E-state index contributed by atoms with van der Waals surface area (Å²) in [7, 11) is 0. The second-order valence-corrected chi connectivity index (χ2v) is 13.3. The monoisotopic (exact) mass is 644 g/mol. The van der Waals surface area contributed by atoms with E-state index in [0.29, 0.717) is 5.95 Å². The van der Waals surface area contributed by atoms with E-state index < -0.39 is 0 Å². The fourth-order valence-electron chi connectivity index (χ4n) is 7.70. The van der Waals surface area contributed by atoms with E-state index in [-0.39, 0.29) is 0 Å². The lowest BCUT2D eigenvalue weighted by Gasteiger charge is -2.13. The minimum Gasteiger partial charge on any atom is -0.308 e. The second-order valence-electron chi connectivity index (χ2n) is 12.3. The van der Waals surface area contributed by atoms with Crippen LogP contribution in [0.1, 0.15) is 0 Å². The van der Waals surface area contributed by atoms with Gasteiger partial charge in [-0.2, -0.15) is 0 Å². The van der Waals surface area contributed by atoms with Gasteiger partial charge in [0.25, 0.3) is 0 Å². The van der Waals surface area contributed by atoms with Gasteiger partial charge in [0.1, 0.15) is 6.33 Å². The molecule has 0 aliphatic rings. The molecule has 0 aliphatic heterocycles. The number of benzene rings is 6. The molecule has 6 aromatic carbocycles. The largest absolute Gasteiger partial charge is 0.308 e. The van der Waals surface area contributed by atoms with E-state index in [1.807, 2.05) is 18.3 Å². The summed E-state index contributed by atoms with van der Waals surface area (Å²) in [4.78, 5) is 20.1. The average Bonchev–Trinajstić information content (AvgIpc) is 3.83. The number of nitrogens with zero attached hydrogens (tertiary/aromatic N) is 6. The van der Waals surface area contributed by atoms with E-state index >= 15 is 0 Å². The van der Waals surface area contributed by atoms with Gasteiger partial charge in [-0.15, -0.1) is 11.3 Å². The standard InChI is InChI=1S/C42H24N6S/c1-3-13-25(14-4-1)37-27-17-7-10-20-30(27)45-42(46-37)48-32-22-12-9-19-29(32)35-39(48)34-28-18-8-11-21-31(28)47(26-15-5-2-6-16-26)40(34)36-38-33(49-41(35)36)23-43-24-44-38/h1-24H. The highest BCUT2D eigenvalue weighted by molar-refractivity contribution is 7.27. The van der Waals surface area contributed by atoms with Gasteiger partial charge < -0.3 is 4.57 Å². The quantitative estimate of drug-likeness (QED) is 0.192. The summed E-state index contributed by atoms with van der Waals surface area (Å²) in [6.07, 6.45) is 3.61. The number of para-hydroxylation sites is 4. The Kier molecular flexibility index (Phi) is 5.45. The van der Waals surface area contributed by atoms with Gasteiger partial charge in [0.15, 0.2) is 0 Å². The number of thiophene rings is 1. The Morgan fingerprint density at radius 2 is 1.16 bits per heavy atom. The van der Waals surface area contributed by atoms with Crippen LogP contribution in [-0.2, 0) is 0 Å². The topological polar surface area (TPSA) is 61.4 Å². The Hall–Kier alpha value is -6.44. The molecule has 0 atom stereocenters. The molecule has 5 heterocycles. The van der Waals surface area contributed by atoms with Crippen molar-refractivity contribution in [3.63, 3.8) is 0 Å². The van der Waals surface area contributed by atoms with Crippen LogP contribution < -0.4 is 0 Å². The zero-order chi connectivity index (χ0) is 32.1. The van der Waals surface area contributed by atoms with Gasteiger partial charge in [-0.3, -0.25) is 4.57 Å². The van der Waals surface area contributed by atoms with Crippen LogP contribution in [0.15, 0.2) is 146 Å². The number of aromatic nitrogens is 6. The molecule has 5 aromatic heterocycles. The molecule has 0 radical (unpaired) electrons. The number of fused-ring (bicyclic) bond motifs is 13. The van der Waals surface area contributed by atoms with E-state index in [4.69, 9.17) is 15.0 Å². The molecule has 228 valence electrons. The Morgan fingerprint density at radius 1 is 0.531 bits per heavy atom. The molecule has 0 spiro atoms. The maximum Gasteiger partial charge on any atom is 0.235 e. The molecule has 0 fully saturated rings. The lowest BCUT2D eigenvalue weighted by Crippen LogP contribution is -2.03. The minimum atomic E-state index is 0.641. The fourth-order valence-corrected chi connectivity index (χ4v) is 8.89. The van der Waals surface area contributed by atoms with Gasteiger partial charge in [-0.25, -0.2) is 19.9 Å². The van der Waals surface area contributed by atoms with Crippen molar-refractivity contribution in [2.75, 3.05) is 0 Å². The van der Waals surface area contributed by atoms with Crippen LogP contribution in [0.5, 0.6) is 0 Å². The molecule has 11 rings (SSSR count). The molecule has 49 heavy (non-hydrogen) atoms. The summed E-state index contributed by atoms with van der Waals surface area (Å²) in [5.74, 6) is 0.641. The Balaban J connectivity index is 1.44. The van der Waals surface area contributed by atoms with E-state index in [1.165, 1.54) is 10.1 Å². The van der Waals surface area contributed by atoms with E-state index in [2.05, 4.69) is 135 Å². The number of hydrogen-bond donors (Lipinski definition) is 0. The molecule has 11 aromatic rings. The third-order valence-corrected chi connectivity index (χ3v) is 10.8. The molecule has 0 saturated carbocycles. The van der Waals surface area contributed by atoms with Crippen molar-refractivity contribution < 1.29 is 0 Å². The molecule has 7 heteroatoms. The summed E-state index contributed by atoms with van der Waals surface area (Å²) in [5, 5.41) is 6.80. The summed E-state index contributed by atoms with van der Waals surface area (Å²) in [6, 6.07) is 46.7. The number of hydrogen-bond acceptors (Lipinski definition) is 5. The molecule has 0 bridgehead atoms. The highest BCUT2D eigenvalue weighted by Gasteiger charge is 2.28. The first-order chi connectivity index (χ1) is 24.3. The van der Waals surface area contributed by atoms with Gasteiger partial charge in [-0.05, 0) is 30.3 Å². The third-order valence-electron chi connectivity index (χ3n) is 9.66. The van der Waals surface area contributed by atoms with Crippen LogP contribution in [-0.4, -0.2) is 29.1 Å². The molecular weight excluding hydrogens is 621 g/mol. The van der Waals surface area contributed by atoms with Crippen LogP contribution >= 0.6 is 11.3 Å². The zero-order valence-corrected chi connectivity index (χ0v) is 26.8. The summed E-state index contributed by atoms with van der Waals surface area (Å²) < 4.78 is 6.93. The van der Waals surface area contributed by atoms with Crippen LogP contribution in [0, 0.1) is 0 Å². The van der Waals surface area contributed by atoms with Crippen molar-refractivity contribution in [3.05, 3.63) is 146 Å². The molecule has 0 saturated heterocycles. The van der Waals surface area contributed by atoms with Crippen molar-refractivity contribution in [1.29, 1.82) is 0 Å².